The SMILES string of the molecule is CCO.CCO.[K+].[K+].[Ni].[Se]CC[Se].[Se]CC[Se]. The van der Waals surface area contributed by atoms with E-state index in [1.165, 1.54) is 0 Å². The molecule has 0 aliphatic carbocycles. The van der Waals surface area contributed by atoms with Crippen molar-refractivity contribution in [2.24, 2.45) is 0 Å². The van der Waals surface area contributed by atoms with E-state index in [0.29, 0.717) is 0 Å². The van der Waals surface area contributed by atoms with E-state index in [-0.39, 0.29) is 132 Å². The van der Waals surface area contributed by atoms with Gasteiger partial charge in [-0.1, -0.05) is 0 Å². The molecular weight excluding hydrogens is 581 g/mol. The van der Waals surface area contributed by atoms with Gasteiger partial charge in [-0.3, -0.25) is 0 Å². The molecule has 0 atom stereocenters. The molecule has 2 nitrogen and oxygen atoms in total. The van der Waals surface area contributed by atoms with Crippen molar-refractivity contribution in [2.45, 2.75) is 35.1 Å². The molecule has 0 heterocycles. The van der Waals surface area contributed by atoms with E-state index in [1.54, 1.807) is 13.8 Å². The number of hydrogen-bond acceptors (Lipinski definition) is 2. The average Bonchev–Trinajstić information content (AvgIpc) is 2.20. The molecule has 9 heteroatoms. The first-order chi connectivity index (χ1) is 6.66. The zero-order chi connectivity index (χ0) is 12.2. The summed E-state index contributed by atoms with van der Waals surface area (Å²) < 4.78 is 0. The molecule has 17 heavy (non-hydrogen) atoms. The van der Waals surface area contributed by atoms with Gasteiger partial charge in [0.05, 0.1) is 0 Å². The van der Waals surface area contributed by atoms with Crippen LogP contribution in [0.3, 0.4) is 0 Å². The second kappa shape index (κ2) is 67.8. The van der Waals surface area contributed by atoms with Gasteiger partial charge in [0.2, 0.25) is 0 Å². The maximum atomic E-state index is 7.57. The van der Waals surface area contributed by atoms with Crippen molar-refractivity contribution < 1.29 is 129 Å². The molecule has 0 aromatic rings. The molecule has 2 N–H and O–H groups in total. The van der Waals surface area contributed by atoms with Crippen molar-refractivity contribution in [1.82, 2.24) is 0 Å². The van der Waals surface area contributed by atoms with Crippen LogP contribution in [0.25, 0.3) is 0 Å². The fourth-order valence-electron chi connectivity index (χ4n) is 0. The van der Waals surface area contributed by atoms with Crippen molar-refractivity contribution in [1.29, 1.82) is 0 Å². The summed E-state index contributed by atoms with van der Waals surface area (Å²) >= 11 is 11.4. The van der Waals surface area contributed by atoms with Gasteiger partial charge >= 0.3 is 188 Å². The van der Waals surface area contributed by atoms with Crippen LogP contribution in [0, 0.1) is 0 Å². The van der Waals surface area contributed by atoms with Crippen LogP contribution in [-0.2, 0) is 16.5 Å². The van der Waals surface area contributed by atoms with Crippen molar-refractivity contribution in [3.05, 3.63) is 0 Å². The fraction of sp³-hybridized carbons (Fsp3) is 1.00. The molecule has 0 fully saturated rings. The maximum absolute atomic E-state index is 7.57. The summed E-state index contributed by atoms with van der Waals surface area (Å²) in [6.45, 7) is 3.86. The molecule has 0 rings (SSSR count). The number of aliphatic hydroxyl groups is 2. The fourth-order valence-corrected chi connectivity index (χ4v) is 0. The molecule has 98 valence electrons. The topological polar surface area (TPSA) is 40.5 Å². The summed E-state index contributed by atoms with van der Waals surface area (Å²) in [7, 11) is 0. The summed E-state index contributed by atoms with van der Waals surface area (Å²) in [5.74, 6) is 0. The monoisotopic (exact) mass is 604 g/mol. The molecular formula is C8H20K2NiO2Se4+2. The van der Waals surface area contributed by atoms with Gasteiger partial charge in [0.1, 0.15) is 0 Å². The minimum atomic E-state index is 0. The van der Waals surface area contributed by atoms with Crippen LogP contribution in [0.4, 0.5) is 0 Å². The average molecular weight is 601 g/mol. The Kier molecular flexibility index (Phi) is 173. The Morgan fingerprint density at radius 1 is 0.647 bits per heavy atom. The third kappa shape index (κ3) is 141. The van der Waals surface area contributed by atoms with Crippen LogP contribution in [0.15, 0.2) is 0 Å². The van der Waals surface area contributed by atoms with Crippen LogP contribution in [-0.4, -0.2) is 87.5 Å². The van der Waals surface area contributed by atoms with E-state index in [2.05, 4.69) is 64.1 Å². The second-order valence-corrected chi connectivity index (χ2v) is 4.88. The van der Waals surface area contributed by atoms with Gasteiger partial charge in [-0.15, -0.1) is 0 Å². The molecule has 0 aliphatic rings. The predicted octanol–water partition coefficient (Wildman–Crippen LogP) is -5.68. The van der Waals surface area contributed by atoms with Crippen LogP contribution in [0.1, 0.15) is 13.8 Å². The first-order valence-electron chi connectivity index (χ1n) is 4.20. The van der Waals surface area contributed by atoms with Crippen molar-refractivity contribution in [3.8, 4) is 0 Å². The molecule has 4 radical (unpaired) electrons. The second-order valence-electron chi connectivity index (χ2n) is 1.45. The summed E-state index contributed by atoms with van der Waals surface area (Å²) in [6, 6.07) is 0. The van der Waals surface area contributed by atoms with Crippen molar-refractivity contribution in [3.63, 3.8) is 0 Å². The van der Waals surface area contributed by atoms with Crippen LogP contribution >= 0.6 is 0 Å². The Bertz CT molecular complexity index is 54.5. The summed E-state index contributed by atoms with van der Waals surface area (Å²) in [4.78, 5) is 0. The standard InChI is InChI=1S/2C2H6O.2C2H4Se2.2K.Ni/c2*1-2-3;2*3-1-2-4;;;/h2*3H,2H2,1H3;2*1-2H2;;;/q;;;;2*+1;. The van der Waals surface area contributed by atoms with Crippen molar-refractivity contribution >= 4 is 64.1 Å². The summed E-state index contributed by atoms with van der Waals surface area (Å²) in [6.07, 6.45) is 0. The van der Waals surface area contributed by atoms with Gasteiger partial charge in [0.25, 0.3) is 0 Å². The first kappa shape index (κ1) is 43.4. The van der Waals surface area contributed by atoms with Gasteiger partial charge in [-0.25, -0.2) is 0 Å². The van der Waals surface area contributed by atoms with E-state index >= 15 is 0 Å². The summed E-state index contributed by atoms with van der Waals surface area (Å²) in [5.41, 5.74) is 0. The quantitative estimate of drug-likeness (QED) is 0.311. The predicted molar refractivity (Wildman–Crippen MR) is 67.8 cm³/mol. The zero-order valence-corrected chi connectivity index (χ0v) is 25.2. The normalized spacial score (nSPS) is 5.65. The van der Waals surface area contributed by atoms with Gasteiger partial charge in [0, 0.05) is 29.7 Å². The van der Waals surface area contributed by atoms with E-state index < -0.39 is 0 Å². The van der Waals surface area contributed by atoms with E-state index in [0.717, 1.165) is 21.3 Å². The molecule has 0 amide bonds. The van der Waals surface area contributed by atoms with Crippen LogP contribution in [0.2, 0.25) is 21.3 Å². The Hall–Kier alpha value is 5.76. The van der Waals surface area contributed by atoms with Gasteiger partial charge in [-0.05, 0) is 13.8 Å². The van der Waals surface area contributed by atoms with E-state index in [4.69, 9.17) is 10.2 Å². The molecule has 0 aliphatic heterocycles. The molecule has 0 saturated carbocycles. The van der Waals surface area contributed by atoms with Gasteiger partial charge < -0.3 is 10.2 Å². The van der Waals surface area contributed by atoms with Crippen molar-refractivity contribution in [2.75, 3.05) is 13.2 Å². The van der Waals surface area contributed by atoms with Gasteiger partial charge in [0.15, 0.2) is 0 Å². The Labute approximate surface area is 236 Å². The Balaban J connectivity index is -0.0000000149. The molecule has 0 bridgehead atoms. The molecule has 0 aromatic heterocycles. The number of hydrogen-bond donors (Lipinski definition) is 2. The van der Waals surface area contributed by atoms with Crippen LogP contribution in [0.5, 0.6) is 0 Å². The Morgan fingerprint density at radius 2 is 0.706 bits per heavy atom. The number of aliphatic hydroxyl groups excluding tert-OH is 2. The van der Waals surface area contributed by atoms with Crippen LogP contribution < -0.4 is 103 Å². The van der Waals surface area contributed by atoms with E-state index in [1.807, 2.05) is 0 Å². The molecule has 0 saturated heterocycles. The molecule has 0 spiro atoms. The minimum absolute atomic E-state index is 0. The van der Waals surface area contributed by atoms with Gasteiger partial charge in [-0.2, -0.15) is 0 Å². The summed E-state index contributed by atoms with van der Waals surface area (Å²) in [5, 5.41) is 19.7. The molecule has 0 unspecified atom stereocenters. The first-order valence-corrected chi connectivity index (χ1v) is 9.05. The van der Waals surface area contributed by atoms with E-state index in [9.17, 15) is 0 Å². The molecule has 0 aromatic carbocycles. The third-order valence-corrected chi connectivity index (χ3v) is 4.50. The number of rotatable bonds is 2. The zero-order valence-electron chi connectivity index (χ0n) is 11.1. The Morgan fingerprint density at radius 3 is 0.706 bits per heavy atom. The third-order valence-electron chi connectivity index (χ3n) is 0.167.